The lowest BCUT2D eigenvalue weighted by atomic mass is 10.2. The fraction of sp³-hybridized carbons (Fsp3) is 0.462. The molecular weight excluding hydrogens is 316 g/mol. The number of rotatable bonds is 5. The van der Waals surface area contributed by atoms with Gasteiger partial charge in [0.25, 0.3) is 5.91 Å². The zero-order valence-electron chi connectivity index (χ0n) is 11.6. The molecule has 1 amide bonds. The summed E-state index contributed by atoms with van der Waals surface area (Å²) in [5, 5.41) is 0.590. The van der Waals surface area contributed by atoms with Gasteiger partial charge in [-0.05, 0) is 31.2 Å². The van der Waals surface area contributed by atoms with Gasteiger partial charge < -0.3 is 9.64 Å². The minimum atomic E-state index is -3.27. The highest BCUT2D eigenvalue weighted by Crippen LogP contribution is 2.21. The van der Waals surface area contributed by atoms with Crippen LogP contribution in [0.4, 0.5) is 5.69 Å². The van der Waals surface area contributed by atoms with E-state index in [0.29, 0.717) is 11.6 Å². The average Bonchev–Trinajstić information content (AvgIpc) is 2.47. The number of nitrogens with one attached hydrogen (secondary N) is 1. The summed E-state index contributed by atoms with van der Waals surface area (Å²) in [4.78, 5) is 13.5. The van der Waals surface area contributed by atoms with Crippen LogP contribution in [0, 0.1) is 0 Å². The lowest BCUT2D eigenvalue weighted by molar-refractivity contribution is -0.129. The van der Waals surface area contributed by atoms with E-state index >= 15 is 0 Å². The van der Waals surface area contributed by atoms with Crippen molar-refractivity contribution in [3.05, 3.63) is 29.3 Å². The van der Waals surface area contributed by atoms with Crippen LogP contribution in [0.2, 0.25) is 5.02 Å². The van der Waals surface area contributed by atoms with Crippen molar-refractivity contribution >= 4 is 33.2 Å². The standard InChI is InChI=1S/C13H17ClN2O4S/c1-2-21(18,19)15-7-12-8-16(13(17)9-20-12)11-5-3-10(14)4-6-11/h3-6,12,15H,2,7-9H2,1H3. The molecule has 2 rings (SSSR count). The molecule has 1 unspecified atom stereocenters. The first-order valence-corrected chi connectivity index (χ1v) is 8.59. The van der Waals surface area contributed by atoms with Crippen LogP contribution in [0.1, 0.15) is 6.92 Å². The number of hydrogen-bond acceptors (Lipinski definition) is 4. The van der Waals surface area contributed by atoms with E-state index < -0.39 is 10.0 Å². The first-order chi connectivity index (χ1) is 9.91. The third-order valence-corrected chi connectivity index (χ3v) is 4.80. The van der Waals surface area contributed by atoms with Crippen LogP contribution in [-0.2, 0) is 19.6 Å². The van der Waals surface area contributed by atoms with E-state index in [1.807, 2.05) is 0 Å². The number of ether oxygens (including phenoxy) is 1. The van der Waals surface area contributed by atoms with E-state index in [2.05, 4.69) is 4.72 Å². The summed E-state index contributed by atoms with van der Waals surface area (Å²) in [6, 6.07) is 6.90. The van der Waals surface area contributed by atoms with E-state index in [1.54, 1.807) is 36.1 Å². The number of hydrogen-bond donors (Lipinski definition) is 1. The summed E-state index contributed by atoms with van der Waals surface area (Å²) in [5.41, 5.74) is 0.719. The van der Waals surface area contributed by atoms with Gasteiger partial charge in [-0.1, -0.05) is 11.6 Å². The van der Waals surface area contributed by atoms with Gasteiger partial charge in [0.1, 0.15) is 6.61 Å². The highest BCUT2D eigenvalue weighted by molar-refractivity contribution is 7.89. The lowest BCUT2D eigenvalue weighted by Crippen LogP contribution is -2.50. The molecule has 1 aromatic rings. The van der Waals surface area contributed by atoms with Crippen LogP contribution in [0.3, 0.4) is 0 Å². The molecule has 0 radical (unpaired) electrons. The molecule has 8 heteroatoms. The SMILES string of the molecule is CCS(=O)(=O)NCC1CN(c2ccc(Cl)cc2)C(=O)CO1. The summed E-state index contributed by atoms with van der Waals surface area (Å²) < 4.78 is 30.7. The number of carbonyl (C=O) groups is 1. The molecule has 1 saturated heterocycles. The third kappa shape index (κ3) is 4.41. The monoisotopic (exact) mass is 332 g/mol. The van der Waals surface area contributed by atoms with Gasteiger partial charge in [-0.15, -0.1) is 0 Å². The number of nitrogens with zero attached hydrogens (tertiary/aromatic N) is 1. The Labute approximate surface area is 129 Å². The minimum Gasteiger partial charge on any atom is -0.365 e. The molecule has 1 N–H and O–H groups in total. The number of sulfonamides is 1. The third-order valence-electron chi connectivity index (χ3n) is 3.18. The van der Waals surface area contributed by atoms with Gasteiger partial charge in [-0.25, -0.2) is 13.1 Å². The molecule has 116 valence electrons. The van der Waals surface area contributed by atoms with Crippen molar-refractivity contribution in [3.63, 3.8) is 0 Å². The van der Waals surface area contributed by atoms with Crippen molar-refractivity contribution in [2.45, 2.75) is 13.0 Å². The molecule has 0 bridgehead atoms. The van der Waals surface area contributed by atoms with Gasteiger partial charge >= 0.3 is 0 Å². The Bertz CT molecular complexity index is 603. The molecule has 6 nitrogen and oxygen atoms in total. The largest absolute Gasteiger partial charge is 0.365 e. The summed E-state index contributed by atoms with van der Waals surface area (Å²) in [5.74, 6) is -0.147. The fourth-order valence-electron chi connectivity index (χ4n) is 1.94. The van der Waals surface area contributed by atoms with Crippen molar-refractivity contribution in [1.29, 1.82) is 0 Å². The van der Waals surface area contributed by atoms with Crippen LogP contribution >= 0.6 is 11.6 Å². The Balaban J connectivity index is 2.02. The number of amides is 1. The fourth-order valence-corrected chi connectivity index (χ4v) is 2.71. The second kappa shape index (κ2) is 6.74. The highest BCUT2D eigenvalue weighted by Gasteiger charge is 2.28. The summed E-state index contributed by atoms with van der Waals surface area (Å²) in [6.45, 7) is 1.94. The van der Waals surface area contributed by atoms with Crippen molar-refractivity contribution in [1.82, 2.24) is 4.72 Å². The van der Waals surface area contributed by atoms with E-state index in [4.69, 9.17) is 16.3 Å². The predicted molar refractivity (Wildman–Crippen MR) is 81.0 cm³/mol. The first kappa shape index (κ1) is 16.2. The number of anilines is 1. The summed E-state index contributed by atoms with van der Waals surface area (Å²) in [7, 11) is -3.27. The average molecular weight is 333 g/mol. The van der Waals surface area contributed by atoms with E-state index in [0.717, 1.165) is 5.69 Å². The molecule has 1 aliphatic heterocycles. The van der Waals surface area contributed by atoms with Crippen LogP contribution in [0.15, 0.2) is 24.3 Å². The van der Waals surface area contributed by atoms with Gasteiger partial charge in [0.05, 0.1) is 18.4 Å². The lowest BCUT2D eigenvalue weighted by Gasteiger charge is -2.32. The topological polar surface area (TPSA) is 75.7 Å². The quantitative estimate of drug-likeness (QED) is 0.873. The van der Waals surface area contributed by atoms with Gasteiger partial charge in [0.15, 0.2) is 0 Å². The highest BCUT2D eigenvalue weighted by atomic mass is 35.5. The molecule has 1 atom stereocenters. The Morgan fingerprint density at radius 3 is 2.67 bits per heavy atom. The maximum absolute atomic E-state index is 11.9. The predicted octanol–water partition coefficient (Wildman–Crippen LogP) is 1.01. The van der Waals surface area contributed by atoms with Gasteiger partial charge in [-0.3, -0.25) is 4.79 Å². The first-order valence-electron chi connectivity index (χ1n) is 6.56. The normalized spacial score (nSPS) is 19.8. The van der Waals surface area contributed by atoms with Gasteiger partial charge in [-0.2, -0.15) is 0 Å². The van der Waals surface area contributed by atoms with Gasteiger partial charge in [0, 0.05) is 17.3 Å². The number of morpholine rings is 1. The molecule has 1 aromatic carbocycles. The summed E-state index contributed by atoms with van der Waals surface area (Å²) in [6.07, 6.45) is -0.375. The molecule has 1 heterocycles. The molecule has 0 aliphatic carbocycles. The maximum atomic E-state index is 11.9. The second-order valence-corrected chi connectivity index (χ2v) is 7.20. The van der Waals surface area contributed by atoms with Crippen LogP contribution in [-0.4, -0.2) is 45.9 Å². The smallest absolute Gasteiger partial charge is 0.253 e. The molecular formula is C13H17ClN2O4S. The molecule has 21 heavy (non-hydrogen) atoms. The van der Waals surface area contributed by atoms with Crippen LogP contribution in [0.5, 0.6) is 0 Å². The Morgan fingerprint density at radius 2 is 2.05 bits per heavy atom. The van der Waals surface area contributed by atoms with E-state index in [1.165, 1.54) is 0 Å². The molecule has 0 spiro atoms. The summed E-state index contributed by atoms with van der Waals surface area (Å²) >= 11 is 5.83. The minimum absolute atomic E-state index is 0.0134. The molecule has 0 saturated carbocycles. The Kier molecular flexibility index (Phi) is 5.21. The Morgan fingerprint density at radius 1 is 1.38 bits per heavy atom. The van der Waals surface area contributed by atoms with Crippen LogP contribution in [0.25, 0.3) is 0 Å². The zero-order chi connectivity index (χ0) is 15.5. The van der Waals surface area contributed by atoms with E-state index in [9.17, 15) is 13.2 Å². The second-order valence-electron chi connectivity index (χ2n) is 4.67. The molecule has 0 aromatic heterocycles. The van der Waals surface area contributed by atoms with Gasteiger partial charge in [0.2, 0.25) is 10.0 Å². The molecule has 1 fully saturated rings. The van der Waals surface area contributed by atoms with Crippen molar-refractivity contribution in [2.75, 3.05) is 30.3 Å². The van der Waals surface area contributed by atoms with Crippen molar-refractivity contribution in [2.24, 2.45) is 0 Å². The van der Waals surface area contributed by atoms with Crippen molar-refractivity contribution < 1.29 is 17.9 Å². The maximum Gasteiger partial charge on any atom is 0.253 e. The number of carbonyl (C=O) groups excluding carboxylic acids is 1. The van der Waals surface area contributed by atoms with Crippen LogP contribution < -0.4 is 9.62 Å². The zero-order valence-corrected chi connectivity index (χ0v) is 13.2. The van der Waals surface area contributed by atoms with Crippen molar-refractivity contribution in [3.8, 4) is 0 Å². The van der Waals surface area contributed by atoms with E-state index in [-0.39, 0.29) is 30.9 Å². The molecule has 1 aliphatic rings. The number of benzene rings is 1. The number of halogens is 1. The Hall–Kier alpha value is -1.15.